The number of rotatable bonds is 7. The predicted octanol–water partition coefficient (Wildman–Crippen LogP) is 1.81. The van der Waals surface area contributed by atoms with Crippen LogP contribution < -0.4 is 20.9 Å². The molecule has 6 heteroatoms. The first-order valence-electron chi connectivity index (χ1n) is 6.07. The molecule has 0 saturated heterocycles. The standard InChI is InChI=1S/C13H19BrN2O3/c1-3-18-11-5-9(6-15)4-10(14)12(11)19-7-8(2)13(16)17/h4-5,8H,3,6-7,15H2,1-2H3,(H2,16,17). The zero-order chi connectivity index (χ0) is 14.4. The van der Waals surface area contributed by atoms with Gasteiger partial charge in [-0.05, 0) is 40.5 Å². The van der Waals surface area contributed by atoms with E-state index < -0.39 is 5.91 Å². The molecule has 0 spiro atoms. The van der Waals surface area contributed by atoms with Gasteiger partial charge >= 0.3 is 0 Å². The van der Waals surface area contributed by atoms with Crippen LogP contribution in [0.4, 0.5) is 0 Å². The van der Waals surface area contributed by atoms with Crippen LogP contribution in [-0.2, 0) is 11.3 Å². The molecule has 1 aromatic carbocycles. The molecule has 1 rings (SSSR count). The molecule has 1 amide bonds. The SMILES string of the molecule is CCOc1cc(CN)cc(Br)c1OCC(C)C(N)=O. The third-order valence-electron chi connectivity index (χ3n) is 2.57. The lowest BCUT2D eigenvalue weighted by atomic mass is 10.2. The third-order valence-corrected chi connectivity index (χ3v) is 3.16. The molecular weight excluding hydrogens is 312 g/mol. The normalized spacial score (nSPS) is 12.0. The van der Waals surface area contributed by atoms with Crippen molar-refractivity contribution in [1.29, 1.82) is 0 Å². The van der Waals surface area contributed by atoms with Crippen LogP contribution in [0, 0.1) is 5.92 Å². The zero-order valence-corrected chi connectivity index (χ0v) is 12.7. The molecule has 0 aliphatic carbocycles. The molecule has 106 valence electrons. The molecule has 19 heavy (non-hydrogen) atoms. The van der Waals surface area contributed by atoms with Crippen LogP contribution in [0.3, 0.4) is 0 Å². The monoisotopic (exact) mass is 330 g/mol. The molecule has 4 N–H and O–H groups in total. The number of carbonyl (C=O) groups excluding carboxylic acids is 1. The largest absolute Gasteiger partial charge is 0.490 e. The number of primary amides is 1. The van der Waals surface area contributed by atoms with Crippen LogP contribution in [0.5, 0.6) is 11.5 Å². The fraction of sp³-hybridized carbons (Fsp3) is 0.462. The molecule has 0 aromatic heterocycles. The van der Waals surface area contributed by atoms with Gasteiger partial charge in [0.2, 0.25) is 5.91 Å². The van der Waals surface area contributed by atoms with Gasteiger partial charge in [0, 0.05) is 6.54 Å². The van der Waals surface area contributed by atoms with Gasteiger partial charge in [-0.2, -0.15) is 0 Å². The molecule has 5 nitrogen and oxygen atoms in total. The Morgan fingerprint density at radius 1 is 1.42 bits per heavy atom. The van der Waals surface area contributed by atoms with Crippen LogP contribution in [0.25, 0.3) is 0 Å². The summed E-state index contributed by atoms with van der Waals surface area (Å²) in [5, 5.41) is 0. The number of carbonyl (C=O) groups is 1. The summed E-state index contributed by atoms with van der Waals surface area (Å²) in [6.45, 7) is 4.73. The maximum Gasteiger partial charge on any atom is 0.223 e. The molecule has 0 heterocycles. The van der Waals surface area contributed by atoms with Crippen LogP contribution >= 0.6 is 15.9 Å². The minimum Gasteiger partial charge on any atom is -0.490 e. The highest BCUT2D eigenvalue weighted by atomic mass is 79.9. The number of ether oxygens (including phenoxy) is 2. The van der Waals surface area contributed by atoms with E-state index in [-0.39, 0.29) is 12.5 Å². The van der Waals surface area contributed by atoms with Gasteiger partial charge in [0.25, 0.3) is 0 Å². The van der Waals surface area contributed by atoms with Crippen LogP contribution in [0.2, 0.25) is 0 Å². The van der Waals surface area contributed by atoms with Gasteiger partial charge in [0.05, 0.1) is 23.6 Å². The van der Waals surface area contributed by atoms with Crippen LogP contribution in [-0.4, -0.2) is 19.1 Å². The lowest BCUT2D eigenvalue weighted by Gasteiger charge is -2.16. The van der Waals surface area contributed by atoms with Crippen molar-refractivity contribution in [3.05, 3.63) is 22.2 Å². The smallest absolute Gasteiger partial charge is 0.223 e. The Morgan fingerprint density at radius 3 is 2.63 bits per heavy atom. The van der Waals surface area contributed by atoms with Gasteiger partial charge in [-0.1, -0.05) is 6.92 Å². The number of halogens is 1. The Kier molecular flexibility index (Phi) is 6.11. The van der Waals surface area contributed by atoms with E-state index in [2.05, 4.69) is 15.9 Å². The Balaban J connectivity index is 2.94. The van der Waals surface area contributed by atoms with Gasteiger partial charge in [-0.25, -0.2) is 0 Å². The number of nitrogens with two attached hydrogens (primary N) is 2. The summed E-state index contributed by atoms with van der Waals surface area (Å²) < 4.78 is 11.9. The average molecular weight is 331 g/mol. The Morgan fingerprint density at radius 2 is 2.11 bits per heavy atom. The van der Waals surface area contributed by atoms with Crippen molar-refractivity contribution in [3.8, 4) is 11.5 Å². The predicted molar refractivity (Wildman–Crippen MR) is 77.1 cm³/mol. The summed E-state index contributed by atoms with van der Waals surface area (Å²) in [7, 11) is 0. The van der Waals surface area contributed by atoms with Crippen molar-refractivity contribution in [1.82, 2.24) is 0 Å². The minimum atomic E-state index is -0.396. The zero-order valence-electron chi connectivity index (χ0n) is 11.1. The van der Waals surface area contributed by atoms with Crippen molar-refractivity contribution < 1.29 is 14.3 Å². The second-order valence-electron chi connectivity index (χ2n) is 4.16. The van der Waals surface area contributed by atoms with Crippen molar-refractivity contribution in [3.63, 3.8) is 0 Å². The first kappa shape index (κ1) is 15.8. The molecular formula is C13H19BrN2O3. The average Bonchev–Trinajstić information content (AvgIpc) is 2.37. The molecule has 0 bridgehead atoms. The van der Waals surface area contributed by atoms with Gasteiger partial charge < -0.3 is 20.9 Å². The molecule has 1 atom stereocenters. The molecule has 1 aromatic rings. The third kappa shape index (κ3) is 4.40. The second kappa shape index (κ2) is 7.35. The summed E-state index contributed by atoms with van der Waals surface area (Å²) in [6, 6.07) is 3.70. The highest BCUT2D eigenvalue weighted by Crippen LogP contribution is 2.37. The van der Waals surface area contributed by atoms with E-state index >= 15 is 0 Å². The highest BCUT2D eigenvalue weighted by Gasteiger charge is 2.15. The molecule has 0 aliphatic rings. The van der Waals surface area contributed by atoms with Gasteiger partial charge in [0.15, 0.2) is 11.5 Å². The topological polar surface area (TPSA) is 87.6 Å². The quantitative estimate of drug-likeness (QED) is 0.798. The Hall–Kier alpha value is -1.27. The van der Waals surface area contributed by atoms with Crippen LogP contribution in [0.15, 0.2) is 16.6 Å². The maximum absolute atomic E-state index is 11.0. The Bertz CT molecular complexity index is 452. The van der Waals surface area contributed by atoms with Gasteiger partial charge in [-0.3, -0.25) is 4.79 Å². The first-order chi connectivity index (χ1) is 8.99. The molecule has 0 aliphatic heterocycles. The van der Waals surface area contributed by atoms with E-state index in [9.17, 15) is 4.79 Å². The highest BCUT2D eigenvalue weighted by molar-refractivity contribution is 9.10. The van der Waals surface area contributed by atoms with E-state index in [1.807, 2.05) is 19.1 Å². The molecule has 1 unspecified atom stereocenters. The maximum atomic E-state index is 11.0. The van der Waals surface area contributed by atoms with Gasteiger partial charge in [-0.15, -0.1) is 0 Å². The number of benzene rings is 1. The number of hydrogen-bond donors (Lipinski definition) is 2. The van der Waals surface area contributed by atoms with Crippen molar-refractivity contribution in [2.75, 3.05) is 13.2 Å². The molecule has 0 saturated carbocycles. The van der Waals surface area contributed by atoms with E-state index in [1.54, 1.807) is 6.92 Å². The lowest BCUT2D eigenvalue weighted by molar-refractivity contribution is -0.122. The van der Waals surface area contributed by atoms with E-state index in [0.717, 1.165) is 10.0 Å². The second-order valence-corrected chi connectivity index (χ2v) is 5.01. The van der Waals surface area contributed by atoms with Crippen molar-refractivity contribution >= 4 is 21.8 Å². The summed E-state index contributed by atoms with van der Waals surface area (Å²) in [6.07, 6.45) is 0. The first-order valence-corrected chi connectivity index (χ1v) is 6.86. The minimum absolute atomic E-state index is 0.204. The fourth-order valence-electron chi connectivity index (χ4n) is 1.43. The summed E-state index contributed by atoms with van der Waals surface area (Å²) in [5.74, 6) is 0.407. The summed E-state index contributed by atoms with van der Waals surface area (Å²) >= 11 is 3.42. The van der Waals surface area contributed by atoms with Crippen molar-refractivity contribution in [2.24, 2.45) is 17.4 Å². The lowest BCUT2D eigenvalue weighted by Crippen LogP contribution is -2.26. The van der Waals surface area contributed by atoms with E-state index in [0.29, 0.717) is 24.7 Å². The van der Waals surface area contributed by atoms with Crippen molar-refractivity contribution in [2.45, 2.75) is 20.4 Å². The van der Waals surface area contributed by atoms with E-state index in [1.165, 1.54) is 0 Å². The van der Waals surface area contributed by atoms with E-state index in [4.69, 9.17) is 20.9 Å². The summed E-state index contributed by atoms with van der Waals surface area (Å²) in [4.78, 5) is 11.0. The molecule has 0 radical (unpaired) electrons. The summed E-state index contributed by atoms with van der Waals surface area (Å²) in [5.41, 5.74) is 11.8. The molecule has 0 fully saturated rings. The van der Waals surface area contributed by atoms with Crippen LogP contribution in [0.1, 0.15) is 19.4 Å². The van der Waals surface area contributed by atoms with Gasteiger partial charge in [0.1, 0.15) is 0 Å². The number of hydrogen-bond acceptors (Lipinski definition) is 4. The fourth-order valence-corrected chi connectivity index (χ4v) is 2.04. The Labute approximate surface area is 121 Å². The number of amides is 1.